The molecule has 0 saturated heterocycles. The molecule has 0 aliphatic rings. The SMILES string of the molecule is COC(=O)C(=Cc1ccc(C#N)cc1OC[C@@H](N)CCC(=O)OCc1ccccc1)NC(C)=O. The summed E-state index contributed by atoms with van der Waals surface area (Å²) in [6.07, 6.45) is 1.84. The fourth-order valence-electron chi connectivity index (χ4n) is 2.84. The number of amides is 1. The Morgan fingerprint density at radius 2 is 1.91 bits per heavy atom. The molecule has 0 aliphatic carbocycles. The molecule has 0 saturated carbocycles. The molecule has 0 bridgehead atoms. The molecule has 0 radical (unpaired) electrons. The van der Waals surface area contributed by atoms with Crippen molar-refractivity contribution < 1.29 is 28.6 Å². The van der Waals surface area contributed by atoms with E-state index in [0.29, 0.717) is 17.5 Å². The molecule has 9 nitrogen and oxygen atoms in total. The van der Waals surface area contributed by atoms with Gasteiger partial charge >= 0.3 is 11.9 Å². The summed E-state index contributed by atoms with van der Waals surface area (Å²) in [7, 11) is 1.19. The molecule has 0 unspecified atom stereocenters. The third-order valence-corrected chi connectivity index (χ3v) is 4.57. The predicted octanol–water partition coefficient (Wildman–Crippen LogP) is 2.44. The lowest BCUT2D eigenvalue weighted by Gasteiger charge is -2.15. The van der Waals surface area contributed by atoms with Crippen molar-refractivity contribution in [2.24, 2.45) is 5.73 Å². The maximum atomic E-state index is 12.0. The quantitative estimate of drug-likeness (QED) is 0.381. The van der Waals surface area contributed by atoms with Crippen LogP contribution in [0.25, 0.3) is 6.08 Å². The number of hydrogen-bond acceptors (Lipinski definition) is 8. The number of methoxy groups -OCH3 is 1. The second-order valence-electron chi connectivity index (χ2n) is 7.35. The molecule has 34 heavy (non-hydrogen) atoms. The van der Waals surface area contributed by atoms with Crippen molar-refractivity contribution in [3.8, 4) is 11.8 Å². The number of carbonyl (C=O) groups excluding carboxylic acids is 3. The molecular formula is C25H27N3O6. The zero-order valence-corrected chi connectivity index (χ0v) is 19.1. The molecule has 0 spiro atoms. The first-order valence-electron chi connectivity index (χ1n) is 10.5. The molecule has 0 heterocycles. The second-order valence-corrected chi connectivity index (χ2v) is 7.35. The van der Waals surface area contributed by atoms with E-state index in [1.54, 1.807) is 12.1 Å². The van der Waals surface area contributed by atoms with E-state index in [0.717, 1.165) is 5.56 Å². The Labute approximate surface area is 198 Å². The third kappa shape index (κ3) is 8.76. The third-order valence-electron chi connectivity index (χ3n) is 4.57. The molecule has 3 N–H and O–H groups in total. The summed E-state index contributed by atoms with van der Waals surface area (Å²) >= 11 is 0. The maximum absolute atomic E-state index is 12.0. The molecule has 0 fully saturated rings. The highest BCUT2D eigenvalue weighted by molar-refractivity contribution is 5.97. The van der Waals surface area contributed by atoms with Crippen LogP contribution in [0.3, 0.4) is 0 Å². The Hall–Kier alpha value is -4.16. The van der Waals surface area contributed by atoms with Crippen LogP contribution >= 0.6 is 0 Å². The minimum atomic E-state index is -0.740. The zero-order valence-electron chi connectivity index (χ0n) is 19.1. The lowest BCUT2D eigenvalue weighted by Crippen LogP contribution is -2.29. The first kappa shape index (κ1) is 26.1. The van der Waals surface area contributed by atoms with Crippen LogP contribution in [0.2, 0.25) is 0 Å². The highest BCUT2D eigenvalue weighted by atomic mass is 16.5. The van der Waals surface area contributed by atoms with Crippen molar-refractivity contribution in [1.82, 2.24) is 5.32 Å². The topological polar surface area (TPSA) is 141 Å². The number of nitrogens with one attached hydrogen (secondary N) is 1. The Bertz CT molecular complexity index is 1080. The monoisotopic (exact) mass is 465 g/mol. The van der Waals surface area contributed by atoms with Gasteiger partial charge in [-0.05, 0) is 36.3 Å². The van der Waals surface area contributed by atoms with E-state index in [1.165, 1.54) is 26.2 Å². The van der Waals surface area contributed by atoms with Crippen LogP contribution in [-0.2, 0) is 30.5 Å². The lowest BCUT2D eigenvalue weighted by atomic mass is 10.1. The van der Waals surface area contributed by atoms with Crippen molar-refractivity contribution in [3.63, 3.8) is 0 Å². The van der Waals surface area contributed by atoms with Crippen molar-refractivity contribution in [1.29, 1.82) is 5.26 Å². The minimum Gasteiger partial charge on any atom is -0.491 e. The highest BCUT2D eigenvalue weighted by Gasteiger charge is 2.15. The van der Waals surface area contributed by atoms with E-state index >= 15 is 0 Å². The first-order valence-corrected chi connectivity index (χ1v) is 10.5. The second kappa shape index (κ2) is 13.4. The van der Waals surface area contributed by atoms with Crippen LogP contribution in [-0.4, -0.2) is 37.6 Å². The minimum absolute atomic E-state index is 0.0510. The van der Waals surface area contributed by atoms with E-state index < -0.39 is 17.9 Å². The normalized spacial score (nSPS) is 11.6. The molecule has 2 aromatic rings. The van der Waals surface area contributed by atoms with E-state index in [4.69, 9.17) is 19.9 Å². The van der Waals surface area contributed by atoms with E-state index in [2.05, 4.69) is 5.32 Å². The number of esters is 2. The van der Waals surface area contributed by atoms with Gasteiger partial charge in [0.05, 0.1) is 18.7 Å². The molecule has 178 valence electrons. The van der Waals surface area contributed by atoms with Crippen LogP contribution in [0.1, 0.15) is 36.5 Å². The summed E-state index contributed by atoms with van der Waals surface area (Å²) in [5.41, 5.74) is 7.67. The van der Waals surface area contributed by atoms with Gasteiger partial charge in [-0.25, -0.2) is 4.79 Å². The molecule has 0 aliphatic heterocycles. The molecule has 1 amide bonds. The van der Waals surface area contributed by atoms with Crippen LogP contribution in [0.15, 0.2) is 54.2 Å². The smallest absolute Gasteiger partial charge is 0.354 e. The van der Waals surface area contributed by atoms with Crippen LogP contribution < -0.4 is 15.8 Å². The summed E-state index contributed by atoms with van der Waals surface area (Å²) in [6, 6.07) is 15.5. The van der Waals surface area contributed by atoms with Gasteiger partial charge in [-0.15, -0.1) is 0 Å². The molecule has 2 rings (SSSR count). The molecule has 9 heteroatoms. The van der Waals surface area contributed by atoms with Gasteiger partial charge in [0, 0.05) is 24.9 Å². The Balaban J connectivity index is 2.00. The molecular weight excluding hydrogens is 438 g/mol. The maximum Gasteiger partial charge on any atom is 0.354 e. The van der Waals surface area contributed by atoms with Gasteiger partial charge in [-0.2, -0.15) is 5.26 Å². The van der Waals surface area contributed by atoms with Crippen molar-refractivity contribution >= 4 is 23.9 Å². The number of hydrogen-bond donors (Lipinski definition) is 2. The van der Waals surface area contributed by atoms with Gasteiger partial charge < -0.3 is 25.3 Å². The van der Waals surface area contributed by atoms with Gasteiger partial charge in [0.15, 0.2) is 0 Å². The first-order chi connectivity index (χ1) is 16.3. The number of carbonyl (C=O) groups is 3. The molecule has 1 atom stereocenters. The largest absolute Gasteiger partial charge is 0.491 e. The number of nitrogens with zero attached hydrogens (tertiary/aromatic N) is 1. The zero-order chi connectivity index (χ0) is 24.9. The summed E-state index contributed by atoms with van der Waals surface area (Å²) in [5.74, 6) is -1.27. The Kier molecular flexibility index (Phi) is 10.3. The van der Waals surface area contributed by atoms with Crippen molar-refractivity contribution in [3.05, 3.63) is 70.9 Å². The molecule has 2 aromatic carbocycles. The van der Waals surface area contributed by atoms with Crippen molar-refractivity contribution in [2.45, 2.75) is 32.4 Å². The summed E-state index contributed by atoms with van der Waals surface area (Å²) in [5, 5.41) is 11.6. The van der Waals surface area contributed by atoms with Crippen LogP contribution in [0.4, 0.5) is 0 Å². The Morgan fingerprint density at radius 3 is 2.56 bits per heavy atom. The number of rotatable bonds is 11. The van der Waals surface area contributed by atoms with Gasteiger partial charge in [0.2, 0.25) is 5.91 Å². The number of benzene rings is 2. The van der Waals surface area contributed by atoms with Crippen LogP contribution in [0, 0.1) is 11.3 Å². The average Bonchev–Trinajstić information content (AvgIpc) is 2.84. The van der Waals surface area contributed by atoms with E-state index in [1.807, 2.05) is 36.4 Å². The predicted molar refractivity (Wildman–Crippen MR) is 124 cm³/mol. The number of nitrogens with two attached hydrogens (primary N) is 1. The summed E-state index contributed by atoms with van der Waals surface area (Å²) in [6.45, 7) is 1.51. The highest BCUT2D eigenvalue weighted by Crippen LogP contribution is 2.23. The summed E-state index contributed by atoms with van der Waals surface area (Å²) in [4.78, 5) is 35.4. The lowest BCUT2D eigenvalue weighted by molar-refractivity contribution is -0.145. The average molecular weight is 466 g/mol. The number of ether oxygens (including phenoxy) is 3. The molecule has 0 aromatic heterocycles. The van der Waals surface area contributed by atoms with E-state index in [-0.39, 0.29) is 37.1 Å². The van der Waals surface area contributed by atoms with Crippen molar-refractivity contribution in [2.75, 3.05) is 13.7 Å². The van der Waals surface area contributed by atoms with Gasteiger partial charge in [0.25, 0.3) is 0 Å². The van der Waals surface area contributed by atoms with Gasteiger partial charge in [-0.1, -0.05) is 30.3 Å². The number of nitriles is 1. The van der Waals surface area contributed by atoms with E-state index in [9.17, 15) is 19.6 Å². The van der Waals surface area contributed by atoms with Crippen LogP contribution in [0.5, 0.6) is 5.75 Å². The summed E-state index contributed by atoms with van der Waals surface area (Å²) < 4.78 is 15.7. The van der Waals surface area contributed by atoms with Gasteiger partial charge in [-0.3, -0.25) is 9.59 Å². The Morgan fingerprint density at radius 1 is 1.18 bits per heavy atom. The fourth-order valence-corrected chi connectivity index (χ4v) is 2.84. The fraction of sp³-hybridized carbons (Fsp3) is 0.280. The standard InChI is InChI=1S/C25H27N3O6/c1-17(29)28-22(25(31)32-2)13-20-9-8-19(14-26)12-23(20)33-16-21(27)10-11-24(30)34-15-18-6-4-3-5-7-18/h3-9,12-13,21H,10-11,15-16,27H2,1-2H3,(H,28,29)/t21-/m0/s1. The van der Waals surface area contributed by atoms with Gasteiger partial charge in [0.1, 0.15) is 24.7 Å².